The predicted molar refractivity (Wildman–Crippen MR) is 88.5 cm³/mol. The van der Waals surface area contributed by atoms with E-state index in [0.29, 0.717) is 5.75 Å². The highest BCUT2D eigenvalue weighted by atomic mass is 79.9. The van der Waals surface area contributed by atoms with Gasteiger partial charge in [0.05, 0.1) is 23.9 Å². The summed E-state index contributed by atoms with van der Waals surface area (Å²) in [5.41, 5.74) is 4.49. The van der Waals surface area contributed by atoms with E-state index in [1.807, 2.05) is 41.8 Å². The number of ether oxygens (including phenoxy) is 2. The lowest BCUT2D eigenvalue weighted by Crippen LogP contribution is -1.94. The van der Waals surface area contributed by atoms with Crippen molar-refractivity contribution >= 4 is 21.6 Å². The normalized spacial score (nSPS) is 12.6. The van der Waals surface area contributed by atoms with Gasteiger partial charge in [-0.15, -0.1) is 0 Å². The minimum absolute atomic E-state index is 0.237. The maximum absolute atomic E-state index is 9.20. The van der Waals surface area contributed by atoms with Gasteiger partial charge in [-0.25, -0.2) is 4.98 Å². The van der Waals surface area contributed by atoms with Gasteiger partial charge in [-0.1, -0.05) is 0 Å². The molecule has 1 aromatic carbocycles. The first-order chi connectivity index (χ1) is 11.2. The molecular formula is C17H12BrN3O2. The zero-order valence-corrected chi connectivity index (χ0v) is 13.9. The van der Waals surface area contributed by atoms with E-state index < -0.39 is 0 Å². The number of nitriles is 1. The van der Waals surface area contributed by atoms with Crippen LogP contribution in [0.1, 0.15) is 11.3 Å². The molecule has 3 heterocycles. The highest BCUT2D eigenvalue weighted by Gasteiger charge is 2.19. The van der Waals surface area contributed by atoms with E-state index in [1.54, 1.807) is 0 Å². The Bertz CT molecular complexity index is 972. The number of rotatable bonds is 2. The molecule has 0 amide bonds. The van der Waals surface area contributed by atoms with Crippen molar-refractivity contribution in [1.29, 1.82) is 5.26 Å². The van der Waals surface area contributed by atoms with E-state index in [9.17, 15) is 5.26 Å². The first-order valence-electron chi connectivity index (χ1n) is 7.11. The lowest BCUT2D eigenvalue weighted by Gasteiger charge is -2.04. The molecule has 0 fully saturated rings. The van der Waals surface area contributed by atoms with Gasteiger partial charge < -0.3 is 13.9 Å². The van der Waals surface area contributed by atoms with Gasteiger partial charge in [0.2, 0.25) is 6.79 Å². The van der Waals surface area contributed by atoms with E-state index in [0.717, 1.165) is 38.4 Å². The van der Waals surface area contributed by atoms with Gasteiger partial charge in [-0.05, 0) is 52.7 Å². The first-order valence-corrected chi connectivity index (χ1v) is 7.90. The molecule has 0 bridgehead atoms. The summed E-state index contributed by atoms with van der Waals surface area (Å²) in [4.78, 5) is 4.72. The van der Waals surface area contributed by atoms with Crippen molar-refractivity contribution in [2.45, 2.75) is 13.3 Å². The van der Waals surface area contributed by atoms with Gasteiger partial charge in [-0.3, -0.25) is 0 Å². The largest absolute Gasteiger partial charge is 0.454 e. The molecule has 3 aromatic rings. The molecule has 2 aromatic heterocycles. The molecule has 0 radical (unpaired) electrons. The third kappa shape index (κ3) is 2.25. The highest BCUT2D eigenvalue weighted by Crippen LogP contribution is 2.37. The zero-order valence-electron chi connectivity index (χ0n) is 12.3. The van der Waals surface area contributed by atoms with Gasteiger partial charge in [-0.2, -0.15) is 5.26 Å². The van der Waals surface area contributed by atoms with Crippen molar-refractivity contribution in [3.05, 3.63) is 46.2 Å². The SMILES string of the molecule is Cc1cc2nc(-c3ccc4c(c3)OCO4)c(CC#N)n2cc1Br. The maximum atomic E-state index is 9.20. The van der Waals surface area contributed by atoms with E-state index in [2.05, 4.69) is 22.0 Å². The van der Waals surface area contributed by atoms with Crippen LogP contribution >= 0.6 is 15.9 Å². The monoisotopic (exact) mass is 369 g/mol. The maximum Gasteiger partial charge on any atom is 0.231 e. The minimum atomic E-state index is 0.237. The number of nitrogens with zero attached hydrogens (tertiary/aromatic N) is 3. The van der Waals surface area contributed by atoms with Crippen LogP contribution < -0.4 is 9.47 Å². The molecular weight excluding hydrogens is 358 g/mol. The summed E-state index contributed by atoms with van der Waals surface area (Å²) in [5.74, 6) is 1.44. The van der Waals surface area contributed by atoms with E-state index in [4.69, 9.17) is 14.5 Å². The Morgan fingerprint density at radius 1 is 1.30 bits per heavy atom. The molecule has 0 atom stereocenters. The highest BCUT2D eigenvalue weighted by molar-refractivity contribution is 9.10. The summed E-state index contributed by atoms with van der Waals surface area (Å²) in [7, 11) is 0. The second-order valence-corrected chi connectivity index (χ2v) is 6.20. The number of aryl methyl sites for hydroxylation is 1. The number of fused-ring (bicyclic) bond motifs is 2. The number of hydrogen-bond acceptors (Lipinski definition) is 4. The second kappa shape index (κ2) is 5.28. The second-order valence-electron chi connectivity index (χ2n) is 5.34. The molecule has 0 saturated carbocycles. The Morgan fingerprint density at radius 3 is 2.96 bits per heavy atom. The number of pyridine rings is 1. The molecule has 114 valence electrons. The van der Waals surface area contributed by atoms with E-state index in [1.165, 1.54) is 0 Å². The molecule has 0 N–H and O–H groups in total. The van der Waals surface area contributed by atoms with Crippen LogP contribution in [0.3, 0.4) is 0 Å². The van der Waals surface area contributed by atoms with Crippen LogP contribution in [-0.4, -0.2) is 16.2 Å². The smallest absolute Gasteiger partial charge is 0.231 e. The number of halogens is 1. The van der Waals surface area contributed by atoms with E-state index >= 15 is 0 Å². The average Bonchev–Trinajstić information content (AvgIpc) is 3.13. The van der Waals surface area contributed by atoms with Crippen LogP contribution in [0.4, 0.5) is 0 Å². The van der Waals surface area contributed by atoms with Crippen LogP contribution in [0, 0.1) is 18.3 Å². The van der Waals surface area contributed by atoms with Crippen LogP contribution in [0.15, 0.2) is 34.9 Å². The Labute approximate surface area is 141 Å². The number of imidazole rings is 1. The molecule has 0 saturated heterocycles. The molecule has 23 heavy (non-hydrogen) atoms. The van der Waals surface area contributed by atoms with Crippen LogP contribution in [0.5, 0.6) is 11.5 Å². The summed E-state index contributed by atoms with van der Waals surface area (Å²) in [5, 5.41) is 9.20. The Balaban J connectivity index is 1.95. The quantitative estimate of drug-likeness (QED) is 0.687. The summed E-state index contributed by atoms with van der Waals surface area (Å²) < 4.78 is 13.7. The summed E-state index contributed by atoms with van der Waals surface area (Å²) in [6.45, 7) is 2.25. The molecule has 5 nitrogen and oxygen atoms in total. The Hall–Kier alpha value is -2.52. The summed E-state index contributed by atoms with van der Waals surface area (Å²) in [6.07, 6.45) is 2.24. The number of benzene rings is 1. The number of hydrogen-bond donors (Lipinski definition) is 0. The van der Waals surface area contributed by atoms with Gasteiger partial charge in [0.25, 0.3) is 0 Å². The van der Waals surface area contributed by atoms with Gasteiger partial charge >= 0.3 is 0 Å². The van der Waals surface area contributed by atoms with Gasteiger partial charge in [0.15, 0.2) is 11.5 Å². The predicted octanol–water partition coefficient (Wildman–Crippen LogP) is 3.87. The first kappa shape index (κ1) is 14.1. The van der Waals surface area contributed by atoms with E-state index in [-0.39, 0.29) is 13.2 Å². The third-order valence-corrected chi connectivity index (χ3v) is 4.72. The standard InChI is InChI=1S/C17H12BrN3O2/c1-10-6-16-20-17(13(4-5-19)21(16)8-12(10)18)11-2-3-14-15(7-11)23-9-22-14/h2-3,6-8H,4,9H2,1H3. The van der Waals surface area contributed by atoms with Crippen molar-refractivity contribution in [2.75, 3.05) is 6.79 Å². The van der Waals surface area contributed by atoms with Crippen LogP contribution in [-0.2, 0) is 6.42 Å². The lowest BCUT2D eigenvalue weighted by atomic mass is 10.1. The molecule has 0 spiro atoms. The lowest BCUT2D eigenvalue weighted by molar-refractivity contribution is 0.174. The topological polar surface area (TPSA) is 59.5 Å². The molecule has 0 unspecified atom stereocenters. The summed E-state index contributed by atoms with van der Waals surface area (Å²) >= 11 is 3.54. The van der Waals surface area contributed by atoms with Crippen molar-refractivity contribution in [1.82, 2.24) is 9.38 Å². The Morgan fingerprint density at radius 2 is 2.13 bits per heavy atom. The minimum Gasteiger partial charge on any atom is -0.454 e. The fourth-order valence-corrected chi connectivity index (χ4v) is 3.05. The molecule has 1 aliphatic rings. The fourth-order valence-electron chi connectivity index (χ4n) is 2.73. The zero-order chi connectivity index (χ0) is 16.0. The molecule has 4 rings (SSSR count). The fraction of sp³-hybridized carbons (Fsp3) is 0.176. The van der Waals surface area contributed by atoms with Crippen molar-refractivity contribution in [3.63, 3.8) is 0 Å². The van der Waals surface area contributed by atoms with Gasteiger partial charge in [0, 0.05) is 16.2 Å². The Kier molecular flexibility index (Phi) is 3.24. The summed E-state index contributed by atoms with van der Waals surface area (Å²) in [6, 6.07) is 9.95. The number of aromatic nitrogens is 2. The average molecular weight is 370 g/mol. The van der Waals surface area contributed by atoms with Crippen molar-refractivity contribution in [3.8, 4) is 28.8 Å². The molecule has 6 heteroatoms. The molecule has 1 aliphatic heterocycles. The van der Waals surface area contributed by atoms with Crippen molar-refractivity contribution < 1.29 is 9.47 Å². The third-order valence-electron chi connectivity index (χ3n) is 3.89. The van der Waals surface area contributed by atoms with Gasteiger partial charge in [0.1, 0.15) is 5.65 Å². The van der Waals surface area contributed by atoms with Crippen LogP contribution in [0.2, 0.25) is 0 Å². The van der Waals surface area contributed by atoms with Crippen LogP contribution in [0.25, 0.3) is 16.9 Å². The van der Waals surface area contributed by atoms with Crippen molar-refractivity contribution in [2.24, 2.45) is 0 Å². The molecule has 0 aliphatic carbocycles.